The SMILES string of the molecule is c1ccc(CCCCCCNCc2ccoc2)cc1. The summed E-state index contributed by atoms with van der Waals surface area (Å²) in [6.45, 7) is 2.01. The molecule has 0 amide bonds. The van der Waals surface area contributed by atoms with Crippen molar-refractivity contribution in [2.45, 2.75) is 38.6 Å². The smallest absolute Gasteiger partial charge is 0.0947 e. The minimum absolute atomic E-state index is 0.917. The first-order valence-corrected chi connectivity index (χ1v) is 7.21. The molecule has 1 aromatic carbocycles. The van der Waals surface area contributed by atoms with Gasteiger partial charge in [0.25, 0.3) is 0 Å². The van der Waals surface area contributed by atoms with Crippen molar-refractivity contribution in [1.82, 2.24) is 5.32 Å². The molecule has 0 aliphatic rings. The topological polar surface area (TPSA) is 25.2 Å². The van der Waals surface area contributed by atoms with Crippen molar-refractivity contribution < 1.29 is 4.42 Å². The van der Waals surface area contributed by atoms with E-state index in [1.807, 2.05) is 6.07 Å². The molecule has 0 radical (unpaired) electrons. The summed E-state index contributed by atoms with van der Waals surface area (Å²) >= 11 is 0. The summed E-state index contributed by atoms with van der Waals surface area (Å²) < 4.78 is 5.03. The monoisotopic (exact) mass is 257 g/mol. The highest BCUT2D eigenvalue weighted by Crippen LogP contribution is 2.07. The lowest BCUT2D eigenvalue weighted by molar-refractivity contribution is 0.555. The van der Waals surface area contributed by atoms with Crippen molar-refractivity contribution >= 4 is 0 Å². The van der Waals surface area contributed by atoms with E-state index in [2.05, 4.69) is 35.6 Å². The lowest BCUT2D eigenvalue weighted by Crippen LogP contribution is -2.14. The van der Waals surface area contributed by atoms with Gasteiger partial charge >= 0.3 is 0 Å². The average molecular weight is 257 g/mol. The Morgan fingerprint density at radius 1 is 0.842 bits per heavy atom. The zero-order valence-corrected chi connectivity index (χ0v) is 11.5. The molecule has 2 heteroatoms. The van der Waals surface area contributed by atoms with Crippen molar-refractivity contribution in [2.24, 2.45) is 0 Å². The number of benzene rings is 1. The summed E-state index contributed by atoms with van der Waals surface area (Å²) in [5, 5.41) is 3.44. The lowest BCUT2D eigenvalue weighted by Gasteiger charge is -2.04. The van der Waals surface area contributed by atoms with Crippen LogP contribution in [0.15, 0.2) is 53.3 Å². The highest BCUT2D eigenvalue weighted by molar-refractivity contribution is 5.14. The molecule has 0 aliphatic heterocycles. The predicted molar refractivity (Wildman–Crippen MR) is 79.0 cm³/mol. The van der Waals surface area contributed by atoms with E-state index in [1.165, 1.54) is 43.2 Å². The molecule has 2 rings (SSSR count). The largest absolute Gasteiger partial charge is 0.472 e. The Morgan fingerprint density at radius 2 is 1.68 bits per heavy atom. The van der Waals surface area contributed by atoms with Crippen LogP contribution in [0.2, 0.25) is 0 Å². The zero-order valence-electron chi connectivity index (χ0n) is 11.5. The number of rotatable bonds is 9. The first-order valence-electron chi connectivity index (χ1n) is 7.21. The van der Waals surface area contributed by atoms with Gasteiger partial charge in [0, 0.05) is 12.1 Å². The molecule has 19 heavy (non-hydrogen) atoms. The van der Waals surface area contributed by atoms with E-state index in [-0.39, 0.29) is 0 Å². The van der Waals surface area contributed by atoms with Gasteiger partial charge in [-0.05, 0) is 37.4 Å². The van der Waals surface area contributed by atoms with Gasteiger partial charge in [-0.3, -0.25) is 0 Å². The fraction of sp³-hybridized carbons (Fsp3) is 0.412. The van der Waals surface area contributed by atoms with Crippen molar-refractivity contribution in [3.05, 3.63) is 60.1 Å². The van der Waals surface area contributed by atoms with E-state index >= 15 is 0 Å². The lowest BCUT2D eigenvalue weighted by atomic mass is 10.1. The molecule has 1 aromatic heterocycles. The van der Waals surface area contributed by atoms with Crippen LogP contribution in [0.3, 0.4) is 0 Å². The molecule has 0 spiro atoms. The Morgan fingerprint density at radius 3 is 2.47 bits per heavy atom. The molecule has 2 aromatic rings. The summed E-state index contributed by atoms with van der Waals surface area (Å²) in [7, 11) is 0. The number of hydrogen-bond acceptors (Lipinski definition) is 2. The Balaban J connectivity index is 1.42. The standard InChI is InChI=1S/C17H23NO/c1(4-8-16-9-5-3-6-10-16)2-7-12-18-14-17-11-13-19-15-17/h3,5-6,9-11,13,15,18H,1-2,4,7-8,12,14H2. The average Bonchev–Trinajstić information content (AvgIpc) is 2.96. The first-order chi connectivity index (χ1) is 9.45. The molecule has 1 N–H and O–H groups in total. The fourth-order valence-corrected chi connectivity index (χ4v) is 2.20. The number of aryl methyl sites for hydroxylation is 1. The van der Waals surface area contributed by atoms with Crippen LogP contribution < -0.4 is 5.32 Å². The molecular formula is C17H23NO. The summed E-state index contributed by atoms with van der Waals surface area (Å²) in [5.74, 6) is 0. The Hall–Kier alpha value is -1.54. The molecule has 0 fully saturated rings. The van der Waals surface area contributed by atoms with Crippen LogP contribution in [0, 0.1) is 0 Å². The molecule has 0 atom stereocenters. The van der Waals surface area contributed by atoms with Crippen LogP contribution in [0.25, 0.3) is 0 Å². The van der Waals surface area contributed by atoms with Crippen molar-refractivity contribution in [1.29, 1.82) is 0 Å². The highest BCUT2D eigenvalue weighted by Gasteiger charge is 1.95. The van der Waals surface area contributed by atoms with Gasteiger partial charge in [-0.2, -0.15) is 0 Å². The van der Waals surface area contributed by atoms with Gasteiger partial charge in [-0.1, -0.05) is 43.2 Å². The number of nitrogens with one attached hydrogen (secondary N) is 1. The molecular weight excluding hydrogens is 234 g/mol. The summed E-state index contributed by atoms with van der Waals surface area (Å²) in [6.07, 6.45) is 9.92. The van der Waals surface area contributed by atoms with Crippen LogP contribution in [-0.4, -0.2) is 6.54 Å². The number of hydrogen-bond donors (Lipinski definition) is 1. The summed E-state index contributed by atoms with van der Waals surface area (Å²) in [4.78, 5) is 0. The van der Waals surface area contributed by atoms with Gasteiger partial charge in [-0.15, -0.1) is 0 Å². The fourth-order valence-electron chi connectivity index (χ4n) is 2.20. The van der Waals surface area contributed by atoms with E-state index in [4.69, 9.17) is 4.42 Å². The second-order valence-corrected chi connectivity index (χ2v) is 4.96. The third-order valence-electron chi connectivity index (χ3n) is 3.32. The maximum Gasteiger partial charge on any atom is 0.0947 e. The van der Waals surface area contributed by atoms with E-state index in [9.17, 15) is 0 Å². The number of unbranched alkanes of at least 4 members (excludes halogenated alkanes) is 3. The van der Waals surface area contributed by atoms with Gasteiger partial charge in [-0.25, -0.2) is 0 Å². The molecule has 0 saturated carbocycles. The van der Waals surface area contributed by atoms with Gasteiger partial charge in [0.1, 0.15) is 0 Å². The van der Waals surface area contributed by atoms with Crippen LogP contribution in [0.4, 0.5) is 0 Å². The molecule has 0 saturated heterocycles. The summed E-state index contributed by atoms with van der Waals surface area (Å²) in [6, 6.07) is 12.8. The van der Waals surface area contributed by atoms with Gasteiger partial charge in [0.05, 0.1) is 12.5 Å². The molecule has 0 unspecified atom stereocenters. The highest BCUT2D eigenvalue weighted by atomic mass is 16.3. The minimum Gasteiger partial charge on any atom is -0.472 e. The van der Waals surface area contributed by atoms with E-state index < -0.39 is 0 Å². The van der Waals surface area contributed by atoms with Crippen molar-refractivity contribution in [3.8, 4) is 0 Å². The molecule has 2 nitrogen and oxygen atoms in total. The first kappa shape index (κ1) is 13.9. The van der Waals surface area contributed by atoms with Crippen molar-refractivity contribution in [2.75, 3.05) is 6.54 Å². The van der Waals surface area contributed by atoms with E-state index in [0.29, 0.717) is 0 Å². The quantitative estimate of drug-likeness (QED) is 0.682. The second-order valence-electron chi connectivity index (χ2n) is 4.96. The summed E-state index contributed by atoms with van der Waals surface area (Å²) in [5.41, 5.74) is 2.68. The maximum absolute atomic E-state index is 5.03. The Kier molecular flexibility index (Phi) is 6.24. The Labute approximate surface area is 115 Å². The third-order valence-corrected chi connectivity index (χ3v) is 3.32. The molecule has 102 valence electrons. The molecule has 1 heterocycles. The minimum atomic E-state index is 0.917. The molecule has 0 bridgehead atoms. The third kappa shape index (κ3) is 5.75. The second kappa shape index (κ2) is 8.54. The van der Waals surface area contributed by atoms with Crippen LogP contribution in [0.5, 0.6) is 0 Å². The van der Waals surface area contributed by atoms with E-state index in [1.54, 1.807) is 12.5 Å². The number of furan rings is 1. The van der Waals surface area contributed by atoms with E-state index in [0.717, 1.165) is 13.1 Å². The molecule has 0 aliphatic carbocycles. The Bertz CT molecular complexity index is 422. The van der Waals surface area contributed by atoms with Gasteiger partial charge in [0.2, 0.25) is 0 Å². The van der Waals surface area contributed by atoms with Crippen LogP contribution in [0.1, 0.15) is 36.8 Å². The van der Waals surface area contributed by atoms with Gasteiger partial charge in [0.15, 0.2) is 0 Å². The predicted octanol–water partition coefficient (Wildman–Crippen LogP) is 4.17. The zero-order chi connectivity index (χ0) is 13.2. The van der Waals surface area contributed by atoms with Crippen LogP contribution in [-0.2, 0) is 13.0 Å². The van der Waals surface area contributed by atoms with Crippen molar-refractivity contribution in [3.63, 3.8) is 0 Å². The van der Waals surface area contributed by atoms with Crippen LogP contribution >= 0.6 is 0 Å². The van der Waals surface area contributed by atoms with Gasteiger partial charge < -0.3 is 9.73 Å². The maximum atomic E-state index is 5.03. The normalized spacial score (nSPS) is 10.7.